The molecular formula is C17H26N4O3. The SMILES string of the molecule is CCOC(=O)c1cnc2c(c(C)nn2C)c1NCC(O)C(C)(C)C. The van der Waals surface area contributed by atoms with Gasteiger partial charge in [-0.15, -0.1) is 0 Å². The maximum absolute atomic E-state index is 12.3. The summed E-state index contributed by atoms with van der Waals surface area (Å²) < 4.78 is 6.80. The van der Waals surface area contributed by atoms with Gasteiger partial charge in [-0.25, -0.2) is 9.78 Å². The maximum Gasteiger partial charge on any atom is 0.341 e. The molecule has 1 atom stereocenters. The number of aliphatic hydroxyl groups is 1. The second-order valence-electron chi connectivity index (χ2n) is 6.94. The number of aryl methyl sites for hydroxylation is 2. The Morgan fingerprint density at radius 2 is 2.12 bits per heavy atom. The first-order valence-corrected chi connectivity index (χ1v) is 8.08. The third-order valence-corrected chi connectivity index (χ3v) is 3.99. The summed E-state index contributed by atoms with van der Waals surface area (Å²) in [5, 5.41) is 18.7. The molecule has 2 heterocycles. The smallest absolute Gasteiger partial charge is 0.341 e. The fourth-order valence-electron chi connectivity index (χ4n) is 2.46. The molecule has 0 aliphatic carbocycles. The lowest BCUT2D eigenvalue weighted by molar-refractivity contribution is 0.0526. The van der Waals surface area contributed by atoms with Crippen molar-refractivity contribution in [1.29, 1.82) is 0 Å². The molecule has 24 heavy (non-hydrogen) atoms. The molecule has 2 N–H and O–H groups in total. The number of aliphatic hydroxyl groups excluding tert-OH is 1. The number of aromatic nitrogens is 3. The van der Waals surface area contributed by atoms with Gasteiger partial charge in [0.2, 0.25) is 0 Å². The van der Waals surface area contributed by atoms with Crippen LogP contribution in [0, 0.1) is 12.3 Å². The van der Waals surface area contributed by atoms with E-state index < -0.39 is 12.1 Å². The second-order valence-corrected chi connectivity index (χ2v) is 6.94. The van der Waals surface area contributed by atoms with E-state index in [2.05, 4.69) is 15.4 Å². The molecule has 0 saturated carbocycles. The van der Waals surface area contributed by atoms with Crippen LogP contribution in [0.1, 0.15) is 43.7 Å². The van der Waals surface area contributed by atoms with Crippen molar-refractivity contribution in [2.45, 2.75) is 40.7 Å². The number of nitrogens with one attached hydrogen (secondary N) is 1. The number of esters is 1. The molecule has 2 rings (SSSR count). The Morgan fingerprint density at radius 1 is 1.46 bits per heavy atom. The van der Waals surface area contributed by atoms with Crippen molar-refractivity contribution in [1.82, 2.24) is 14.8 Å². The van der Waals surface area contributed by atoms with Crippen LogP contribution in [-0.2, 0) is 11.8 Å². The highest BCUT2D eigenvalue weighted by Crippen LogP contribution is 2.30. The van der Waals surface area contributed by atoms with Gasteiger partial charge in [0.25, 0.3) is 0 Å². The molecule has 0 aromatic carbocycles. The summed E-state index contributed by atoms with van der Waals surface area (Å²) in [6, 6.07) is 0. The second kappa shape index (κ2) is 6.76. The van der Waals surface area contributed by atoms with Crippen molar-refractivity contribution in [3.05, 3.63) is 17.5 Å². The molecule has 0 saturated heterocycles. The molecule has 1 unspecified atom stereocenters. The number of pyridine rings is 1. The standard InChI is InChI=1S/C17H26N4O3/c1-7-24-16(23)11-8-19-15-13(10(2)20-21(15)6)14(11)18-9-12(22)17(3,4)5/h8,12,22H,7,9H2,1-6H3,(H,18,19). The van der Waals surface area contributed by atoms with Crippen LogP contribution in [0.2, 0.25) is 0 Å². The Hall–Kier alpha value is -2.15. The molecule has 2 aromatic heterocycles. The number of ether oxygens (including phenoxy) is 1. The minimum absolute atomic E-state index is 0.271. The Balaban J connectivity index is 2.50. The summed E-state index contributed by atoms with van der Waals surface area (Å²) >= 11 is 0. The molecule has 132 valence electrons. The van der Waals surface area contributed by atoms with E-state index in [0.717, 1.165) is 11.1 Å². The van der Waals surface area contributed by atoms with Gasteiger partial charge in [-0.1, -0.05) is 20.8 Å². The Bertz CT molecular complexity index is 746. The minimum atomic E-state index is -0.576. The highest BCUT2D eigenvalue weighted by Gasteiger charge is 2.25. The predicted octanol–water partition coefficient (Wildman–Crippen LogP) is 2.27. The van der Waals surface area contributed by atoms with Crippen LogP contribution in [0.25, 0.3) is 11.0 Å². The molecule has 0 spiro atoms. The lowest BCUT2D eigenvalue weighted by atomic mass is 9.89. The number of hydrogen-bond acceptors (Lipinski definition) is 6. The van der Waals surface area contributed by atoms with E-state index in [1.165, 1.54) is 6.20 Å². The first-order chi connectivity index (χ1) is 11.2. The monoisotopic (exact) mass is 334 g/mol. The lowest BCUT2D eigenvalue weighted by Crippen LogP contribution is -2.33. The average molecular weight is 334 g/mol. The highest BCUT2D eigenvalue weighted by molar-refractivity contribution is 6.05. The average Bonchev–Trinajstić information content (AvgIpc) is 2.78. The van der Waals surface area contributed by atoms with E-state index in [-0.39, 0.29) is 12.0 Å². The molecule has 0 amide bonds. The number of hydrogen-bond donors (Lipinski definition) is 2. The van der Waals surface area contributed by atoms with Gasteiger partial charge in [-0.3, -0.25) is 4.68 Å². The van der Waals surface area contributed by atoms with Crippen LogP contribution >= 0.6 is 0 Å². The fourth-order valence-corrected chi connectivity index (χ4v) is 2.46. The van der Waals surface area contributed by atoms with Crippen molar-refractivity contribution in [3.8, 4) is 0 Å². The summed E-state index contributed by atoms with van der Waals surface area (Å²) in [7, 11) is 1.81. The van der Waals surface area contributed by atoms with Crippen molar-refractivity contribution in [2.24, 2.45) is 12.5 Å². The van der Waals surface area contributed by atoms with Gasteiger partial charge in [0.05, 0.1) is 29.5 Å². The quantitative estimate of drug-likeness (QED) is 0.816. The van der Waals surface area contributed by atoms with Crippen LogP contribution in [0.3, 0.4) is 0 Å². The summed E-state index contributed by atoms with van der Waals surface area (Å²) in [4.78, 5) is 16.6. The lowest BCUT2D eigenvalue weighted by Gasteiger charge is -2.26. The summed E-state index contributed by atoms with van der Waals surface area (Å²) in [5.74, 6) is -0.442. The number of nitrogens with zero attached hydrogens (tertiary/aromatic N) is 3. The van der Waals surface area contributed by atoms with Crippen LogP contribution in [0.4, 0.5) is 5.69 Å². The van der Waals surface area contributed by atoms with E-state index in [1.807, 2.05) is 27.7 Å². The third kappa shape index (κ3) is 3.51. The van der Waals surface area contributed by atoms with E-state index in [4.69, 9.17) is 4.74 Å². The van der Waals surface area contributed by atoms with Gasteiger partial charge < -0.3 is 15.2 Å². The zero-order valence-corrected chi connectivity index (χ0v) is 15.2. The number of rotatable bonds is 5. The zero-order chi connectivity index (χ0) is 18.1. The van der Waals surface area contributed by atoms with Gasteiger partial charge in [0.1, 0.15) is 5.56 Å². The first-order valence-electron chi connectivity index (χ1n) is 8.08. The van der Waals surface area contributed by atoms with Crippen molar-refractivity contribution in [3.63, 3.8) is 0 Å². The third-order valence-electron chi connectivity index (χ3n) is 3.99. The van der Waals surface area contributed by atoms with Gasteiger partial charge in [-0.05, 0) is 19.3 Å². The zero-order valence-electron chi connectivity index (χ0n) is 15.2. The number of fused-ring (bicyclic) bond motifs is 1. The number of carbonyl (C=O) groups excluding carboxylic acids is 1. The van der Waals surface area contributed by atoms with Crippen molar-refractivity contribution < 1.29 is 14.6 Å². The summed E-state index contributed by atoms with van der Waals surface area (Å²) in [5.41, 5.74) is 2.12. The van der Waals surface area contributed by atoms with Gasteiger partial charge in [0, 0.05) is 19.8 Å². The van der Waals surface area contributed by atoms with Crippen molar-refractivity contribution >= 4 is 22.7 Å². The van der Waals surface area contributed by atoms with Gasteiger partial charge in [-0.2, -0.15) is 5.10 Å². The van der Waals surface area contributed by atoms with E-state index in [9.17, 15) is 9.90 Å². The fraction of sp³-hybridized carbons (Fsp3) is 0.588. The van der Waals surface area contributed by atoms with E-state index >= 15 is 0 Å². The van der Waals surface area contributed by atoms with Crippen LogP contribution < -0.4 is 5.32 Å². The summed E-state index contributed by atoms with van der Waals surface area (Å²) in [6.07, 6.45) is 0.917. The van der Waals surface area contributed by atoms with Gasteiger partial charge in [0.15, 0.2) is 5.65 Å². The normalized spacial score (nSPS) is 13.1. The molecule has 0 fully saturated rings. The minimum Gasteiger partial charge on any atom is -0.462 e. The predicted molar refractivity (Wildman–Crippen MR) is 93.2 cm³/mol. The molecule has 7 heteroatoms. The molecular weight excluding hydrogens is 308 g/mol. The Kier molecular flexibility index (Phi) is 5.13. The van der Waals surface area contributed by atoms with Crippen LogP contribution in [0.15, 0.2) is 6.20 Å². The van der Waals surface area contributed by atoms with E-state index in [0.29, 0.717) is 23.4 Å². The maximum atomic E-state index is 12.3. The summed E-state index contributed by atoms with van der Waals surface area (Å²) in [6.45, 7) is 10.1. The molecule has 0 radical (unpaired) electrons. The Morgan fingerprint density at radius 3 is 2.71 bits per heavy atom. The Labute approximate surface area is 142 Å². The van der Waals surface area contributed by atoms with Crippen molar-refractivity contribution in [2.75, 3.05) is 18.5 Å². The molecule has 0 aliphatic rings. The molecule has 0 aliphatic heterocycles. The molecule has 0 bridgehead atoms. The first kappa shape index (κ1) is 18.2. The van der Waals surface area contributed by atoms with E-state index in [1.54, 1.807) is 18.7 Å². The van der Waals surface area contributed by atoms with Gasteiger partial charge >= 0.3 is 5.97 Å². The number of carbonyl (C=O) groups is 1. The molecule has 7 nitrogen and oxygen atoms in total. The van der Waals surface area contributed by atoms with Crippen LogP contribution in [-0.4, -0.2) is 45.1 Å². The van der Waals surface area contributed by atoms with Crippen LogP contribution in [0.5, 0.6) is 0 Å². The topological polar surface area (TPSA) is 89.3 Å². The number of anilines is 1. The molecule has 2 aromatic rings. The largest absolute Gasteiger partial charge is 0.462 e. The highest BCUT2D eigenvalue weighted by atomic mass is 16.5.